The number of hydrogen-bond donors (Lipinski definition) is 1. The normalized spacial score (nSPS) is 11.3. The van der Waals surface area contributed by atoms with E-state index in [0.717, 1.165) is 11.1 Å². The van der Waals surface area contributed by atoms with Crippen molar-refractivity contribution in [3.8, 4) is 11.5 Å². The second kappa shape index (κ2) is 9.46. The van der Waals surface area contributed by atoms with Gasteiger partial charge in [0.2, 0.25) is 0 Å². The molecule has 1 N–H and O–H groups in total. The Kier molecular flexibility index (Phi) is 7.02. The molecular formula is C20H23NO5. The van der Waals surface area contributed by atoms with Gasteiger partial charge in [0.1, 0.15) is 11.5 Å². The maximum absolute atomic E-state index is 12.0. The zero-order valence-corrected chi connectivity index (χ0v) is 15.2. The van der Waals surface area contributed by atoms with Crippen molar-refractivity contribution in [1.29, 1.82) is 0 Å². The molecule has 2 aromatic rings. The van der Waals surface area contributed by atoms with Gasteiger partial charge < -0.3 is 19.5 Å². The fourth-order valence-electron chi connectivity index (χ4n) is 2.14. The van der Waals surface area contributed by atoms with Crippen molar-refractivity contribution in [2.24, 2.45) is 0 Å². The standard InChI is InChI=1S/C20H23NO5/c1-14-4-6-16(7-5-14)12-21-20(23)15(2)26-19(22)13-25-18-10-8-17(24-3)9-11-18/h4-11,15H,12-13H2,1-3H3,(H,21,23). The number of aryl methyl sites for hydroxylation is 1. The molecule has 1 unspecified atom stereocenters. The quantitative estimate of drug-likeness (QED) is 0.735. The number of amides is 1. The Labute approximate surface area is 153 Å². The summed E-state index contributed by atoms with van der Waals surface area (Å²) < 4.78 is 15.5. The van der Waals surface area contributed by atoms with Crippen molar-refractivity contribution in [1.82, 2.24) is 5.32 Å². The van der Waals surface area contributed by atoms with Crippen LogP contribution >= 0.6 is 0 Å². The van der Waals surface area contributed by atoms with Crippen LogP contribution < -0.4 is 14.8 Å². The fourth-order valence-corrected chi connectivity index (χ4v) is 2.14. The molecule has 0 heterocycles. The van der Waals surface area contributed by atoms with E-state index < -0.39 is 12.1 Å². The van der Waals surface area contributed by atoms with Gasteiger partial charge in [-0.1, -0.05) is 29.8 Å². The molecule has 0 aliphatic heterocycles. The van der Waals surface area contributed by atoms with E-state index in [9.17, 15) is 9.59 Å². The van der Waals surface area contributed by atoms with E-state index >= 15 is 0 Å². The van der Waals surface area contributed by atoms with Gasteiger partial charge in [-0.05, 0) is 43.7 Å². The van der Waals surface area contributed by atoms with Crippen LogP contribution in [-0.4, -0.2) is 31.7 Å². The number of methoxy groups -OCH3 is 1. The molecule has 26 heavy (non-hydrogen) atoms. The molecule has 2 aromatic carbocycles. The lowest BCUT2D eigenvalue weighted by molar-refractivity contribution is -0.156. The molecule has 2 rings (SSSR count). The van der Waals surface area contributed by atoms with Gasteiger partial charge in [0, 0.05) is 6.54 Å². The third-order valence-electron chi connectivity index (χ3n) is 3.68. The summed E-state index contributed by atoms with van der Waals surface area (Å²) in [6, 6.07) is 14.6. The van der Waals surface area contributed by atoms with E-state index in [0.29, 0.717) is 18.0 Å². The predicted molar refractivity (Wildman–Crippen MR) is 97.1 cm³/mol. The van der Waals surface area contributed by atoms with E-state index in [1.807, 2.05) is 31.2 Å². The van der Waals surface area contributed by atoms with Crippen LogP contribution in [0.25, 0.3) is 0 Å². The maximum atomic E-state index is 12.0. The molecule has 138 valence electrons. The zero-order valence-electron chi connectivity index (χ0n) is 15.2. The average Bonchev–Trinajstić information content (AvgIpc) is 2.66. The van der Waals surface area contributed by atoms with Crippen LogP contribution in [0.5, 0.6) is 11.5 Å². The minimum Gasteiger partial charge on any atom is -0.497 e. The summed E-state index contributed by atoms with van der Waals surface area (Å²) in [7, 11) is 1.57. The number of ether oxygens (including phenoxy) is 3. The van der Waals surface area contributed by atoms with Crippen LogP contribution in [-0.2, 0) is 20.9 Å². The Balaban J connectivity index is 1.72. The van der Waals surface area contributed by atoms with E-state index in [1.54, 1.807) is 31.4 Å². The lowest BCUT2D eigenvalue weighted by Gasteiger charge is -2.14. The molecule has 0 saturated carbocycles. The molecule has 0 fully saturated rings. The van der Waals surface area contributed by atoms with Gasteiger partial charge in [-0.25, -0.2) is 4.79 Å². The Morgan fingerprint density at radius 1 is 1.00 bits per heavy atom. The summed E-state index contributed by atoms with van der Waals surface area (Å²) in [5.41, 5.74) is 2.13. The van der Waals surface area contributed by atoms with Crippen molar-refractivity contribution in [3.63, 3.8) is 0 Å². The van der Waals surface area contributed by atoms with Gasteiger partial charge in [0.25, 0.3) is 5.91 Å². The molecule has 1 amide bonds. The lowest BCUT2D eigenvalue weighted by atomic mass is 10.1. The summed E-state index contributed by atoms with van der Waals surface area (Å²) in [5.74, 6) is 0.236. The largest absolute Gasteiger partial charge is 0.497 e. The van der Waals surface area contributed by atoms with E-state index in [4.69, 9.17) is 14.2 Å². The Hall–Kier alpha value is -3.02. The molecule has 0 aliphatic rings. The molecule has 0 spiro atoms. The van der Waals surface area contributed by atoms with Crippen molar-refractivity contribution in [2.75, 3.05) is 13.7 Å². The van der Waals surface area contributed by atoms with E-state index in [1.165, 1.54) is 6.92 Å². The highest BCUT2D eigenvalue weighted by molar-refractivity contribution is 5.83. The number of esters is 1. The number of carbonyl (C=O) groups is 2. The van der Waals surface area contributed by atoms with Crippen LogP contribution in [0.1, 0.15) is 18.1 Å². The second-order valence-electron chi connectivity index (χ2n) is 5.80. The number of carbonyl (C=O) groups excluding carboxylic acids is 2. The minimum absolute atomic E-state index is 0.276. The predicted octanol–water partition coefficient (Wildman–Crippen LogP) is 2.63. The molecule has 0 saturated heterocycles. The van der Waals surface area contributed by atoms with Crippen LogP contribution in [0.15, 0.2) is 48.5 Å². The summed E-state index contributed by atoms with van der Waals surface area (Å²) in [5, 5.41) is 2.74. The first-order chi connectivity index (χ1) is 12.5. The van der Waals surface area contributed by atoms with Crippen molar-refractivity contribution >= 4 is 11.9 Å². The molecular weight excluding hydrogens is 334 g/mol. The minimum atomic E-state index is -0.896. The SMILES string of the molecule is COc1ccc(OCC(=O)OC(C)C(=O)NCc2ccc(C)cc2)cc1. The van der Waals surface area contributed by atoms with Gasteiger partial charge in [-0.3, -0.25) is 4.79 Å². The smallest absolute Gasteiger partial charge is 0.344 e. The van der Waals surface area contributed by atoms with E-state index in [2.05, 4.69) is 5.32 Å². The number of nitrogens with one attached hydrogen (secondary N) is 1. The Morgan fingerprint density at radius 2 is 1.62 bits per heavy atom. The van der Waals surface area contributed by atoms with Crippen LogP contribution in [0.4, 0.5) is 0 Å². The van der Waals surface area contributed by atoms with Gasteiger partial charge in [-0.15, -0.1) is 0 Å². The second-order valence-corrected chi connectivity index (χ2v) is 5.80. The van der Waals surface area contributed by atoms with Crippen molar-refractivity contribution in [3.05, 3.63) is 59.7 Å². The molecule has 0 aromatic heterocycles. The number of hydrogen-bond acceptors (Lipinski definition) is 5. The summed E-state index contributed by atoms with van der Waals surface area (Å²) >= 11 is 0. The average molecular weight is 357 g/mol. The summed E-state index contributed by atoms with van der Waals surface area (Å²) in [6.07, 6.45) is -0.896. The van der Waals surface area contributed by atoms with Crippen LogP contribution in [0, 0.1) is 6.92 Å². The Bertz CT molecular complexity index is 725. The molecule has 0 radical (unpaired) electrons. The molecule has 6 nitrogen and oxygen atoms in total. The highest BCUT2D eigenvalue weighted by Gasteiger charge is 2.17. The topological polar surface area (TPSA) is 73.9 Å². The summed E-state index contributed by atoms with van der Waals surface area (Å²) in [4.78, 5) is 23.8. The molecule has 0 bridgehead atoms. The highest BCUT2D eigenvalue weighted by atomic mass is 16.6. The molecule has 1 atom stereocenters. The first-order valence-electron chi connectivity index (χ1n) is 8.27. The molecule has 0 aliphatic carbocycles. The van der Waals surface area contributed by atoms with Crippen LogP contribution in [0.2, 0.25) is 0 Å². The first kappa shape index (κ1) is 19.3. The fraction of sp³-hybridized carbons (Fsp3) is 0.300. The molecule has 6 heteroatoms. The van der Waals surface area contributed by atoms with Gasteiger partial charge >= 0.3 is 5.97 Å². The first-order valence-corrected chi connectivity index (χ1v) is 8.27. The van der Waals surface area contributed by atoms with Crippen LogP contribution in [0.3, 0.4) is 0 Å². The number of rotatable bonds is 8. The van der Waals surface area contributed by atoms with Crippen molar-refractivity contribution < 1.29 is 23.8 Å². The summed E-state index contributed by atoms with van der Waals surface area (Å²) in [6.45, 7) is 3.62. The third-order valence-corrected chi connectivity index (χ3v) is 3.68. The maximum Gasteiger partial charge on any atom is 0.344 e. The number of benzene rings is 2. The lowest BCUT2D eigenvalue weighted by Crippen LogP contribution is -2.36. The zero-order chi connectivity index (χ0) is 18.9. The Morgan fingerprint density at radius 3 is 2.23 bits per heavy atom. The van der Waals surface area contributed by atoms with Gasteiger partial charge in [0.15, 0.2) is 12.7 Å². The monoisotopic (exact) mass is 357 g/mol. The highest BCUT2D eigenvalue weighted by Crippen LogP contribution is 2.16. The van der Waals surface area contributed by atoms with Crippen molar-refractivity contribution in [2.45, 2.75) is 26.5 Å². The van der Waals surface area contributed by atoms with Gasteiger partial charge in [-0.2, -0.15) is 0 Å². The van der Waals surface area contributed by atoms with E-state index in [-0.39, 0.29) is 12.5 Å². The van der Waals surface area contributed by atoms with Gasteiger partial charge in [0.05, 0.1) is 7.11 Å². The third kappa shape index (κ3) is 6.12.